The Hall–Kier alpha value is -2.57. The minimum atomic E-state index is 0. The lowest BCUT2D eigenvalue weighted by Gasteiger charge is -2.04. The Balaban J connectivity index is 0.00000182. The molecular formula is C18H16ClN5S. The largest absolute Gasteiger partial charge is 1.00 e. The van der Waals surface area contributed by atoms with Gasteiger partial charge in [0.1, 0.15) is 18.2 Å². The van der Waals surface area contributed by atoms with Crippen LogP contribution in [0, 0.1) is 0 Å². The number of hydrogen-bond acceptors (Lipinski definition) is 4. The molecule has 5 nitrogen and oxygen atoms in total. The van der Waals surface area contributed by atoms with Crippen LogP contribution in [0.25, 0.3) is 22.2 Å². The van der Waals surface area contributed by atoms with Crippen molar-refractivity contribution in [3.8, 4) is 11.3 Å². The number of hydrogen-bond donors (Lipinski definition) is 0. The summed E-state index contributed by atoms with van der Waals surface area (Å²) in [5.41, 5.74) is 5.97. The molecule has 0 saturated carbocycles. The quantitative estimate of drug-likeness (QED) is 0.399. The summed E-state index contributed by atoms with van der Waals surface area (Å²) in [6.45, 7) is 0. The Labute approximate surface area is 155 Å². The zero-order chi connectivity index (χ0) is 16.5. The van der Waals surface area contributed by atoms with Crippen LogP contribution in [-0.2, 0) is 14.1 Å². The Morgan fingerprint density at radius 3 is 2.44 bits per heavy atom. The molecule has 2 aromatic carbocycles. The molecule has 0 saturated heterocycles. The molecule has 0 atom stereocenters. The first kappa shape index (κ1) is 17.3. The number of benzene rings is 2. The zero-order valence-corrected chi connectivity index (χ0v) is 15.4. The smallest absolute Gasteiger partial charge is 0.429 e. The number of aryl methyl sites for hydroxylation is 2. The molecular weight excluding hydrogens is 354 g/mol. The lowest BCUT2D eigenvalue weighted by molar-refractivity contribution is -0.713. The third kappa shape index (κ3) is 3.06. The van der Waals surface area contributed by atoms with E-state index in [0.29, 0.717) is 0 Å². The minimum Gasteiger partial charge on any atom is -1.00 e. The fraction of sp³-hybridized carbons (Fsp3) is 0.111. The van der Waals surface area contributed by atoms with E-state index in [1.807, 2.05) is 37.4 Å². The van der Waals surface area contributed by atoms with Crippen molar-refractivity contribution in [3.63, 3.8) is 0 Å². The molecule has 0 N–H and O–H groups in total. The number of halogens is 1. The van der Waals surface area contributed by atoms with Gasteiger partial charge in [-0.1, -0.05) is 53.6 Å². The van der Waals surface area contributed by atoms with Crippen molar-refractivity contribution >= 4 is 33.1 Å². The van der Waals surface area contributed by atoms with Crippen LogP contribution in [0.5, 0.6) is 0 Å². The van der Waals surface area contributed by atoms with Gasteiger partial charge in [0, 0.05) is 18.0 Å². The molecule has 126 valence electrons. The fourth-order valence-corrected chi connectivity index (χ4v) is 3.42. The second-order valence-electron chi connectivity index (χ2n) is 5.48. The predicted molar refractivity (Wildman–Crippen MR) is 95.8 cm³/mol. The van der Waals surface area contributed by atoms with E-state index in [0.717, 1.165) is 33.0 Å². The second-order valence-corrected chi connectivity index (χ2v) is 6.30. The van der Waals surface area contributed by atoms with Gasteiger partial charge in [-0.25, -0.2) is 0 Å². The van der Waals surface area contributed by atoms with Crippen LogP contribution in [0.4, 0.5) is 10.8 Å². The van der Waals surface area contributed by atoms with E-state index >= 15 is 0 Å². The van der Waals surface area contributed by atoms with E-state index in [1.165, 1.54) is 11.3 Å². The number of para-hydroxylation sites is 1. The first-order valence-corrected chi connectivity index (χ1v) is 8.48. The molecule has 0 bridgehead atoms. The molecule has 25 heavy (non-hydrogen) atoms. The van der Waals surface area contributed by atoms with Gasteiger partial charge in [0.15, 0.2) is 0 Å². The van der Waals surface area contributed by atoms with Gasteiger partial charge in [0.05, 0.1) is 16.3 Å². The highest BCUT2D eigenvalue weighted by Crippen LogP contribution is 2.40. The maximum absolute atomic E-state index is 4.59. The highest BCUT2D eigenvalue weighted by atomic mass is 35.5. The summed E-state index contributed by atoms with van der Waals surface area (Å²) in [5, 5.41) is 15.0. The van der Waals surface area contributed by atoms with Crippen molar-refractivity contribution in [1.82, 2.24) is 9.67 Å². The van der Waals surface area contributed by atoms with Crippen LogP contribution < -0.4 is 17.1 Å². The monoisotopic (exact) mass is 369 g/mol. The number of rotatable bonds is 3. The van der Waals surface area contributed by atoms with Crippen LogP contribution in [0.3, 0.4) is 0 Å². The van der Waals surface area contributed by atoms with Gasteiger partial charge >= 0.3 is 5.13 Å². The second kappa shape index (κ2) is 7.13. The van der Waals surface area contributed by atoms with E-state index in [4.69, 9.17) is 0 Å². The van der Waals surface area contributed by atoms with Crippen molar-refractivity contribution in [1.29, 1.82) is 0 Å². The fourth-order valence-electron chi connectivity index (χ4n) is 2.85. The Bertz CT molecular complexity index is 1040. The Morgan fingerprint density at radius 2 is 1.72 bits per heavy atom. The first-order chi connectivity index (χ1) is 11.8. The number of azo groups is 1. The molecule has 2 aromatic heterocycles. The molecule has 0 amide bonds. The van der Waals surface area contributed by atoms with Gasteiger partial charge in [-0.05, 0) is 22.5 Å². The van der Waals surface area contributed by atoms with Crippen molar-refractivity contribution in [2.24, 2.45) is 24.3 Å². The van der Waals surface area contributed by atoms with E-state index in [-0.39, 0.29) is 12.4 Å². The molecule has 0 spiro atoms. The number of nitrogens with zero attached hydrogens (tertiary/aromatic N) is 5. The van der Waals surface area contributed by atoms with Crippen LogP contribution >= 0.6 is 11.3 Å². The highest BCUT2D eigenvalue weighted by molar-refractivity contribution is 7.12. The van der Waals surface area contributed by atoms with Crippen LogP contribution in [-0.4, -0.2) is 9.67 Å². The summed E-state index contributed by atoms with van der Waals surface area (Å²) < 4.78 is 3.90. The van der Waals surface area contributed by atoms with Crippen LogP contribution in [0.1, 0.15) is 0 Å². The predicted octanol–water partition coefficient (Wildman–Crippen LogP) is 1.55. The Kier molecular flexibility index (Phi) is 4.92. The third-order valence-electron chi connectivity index (χ3n) is 4.02. The average Bonchev–Trinajstić information content (AvgIpc) is 3.15. The normalized spacial score (nSPS) is 11.1. The Morgan fingerprint density at radius 1 is 1.00 bits per heavy atom. The van der Waals surface area contributed by atoms with Gasteiger partial charge in [-0.15, -0.1) is 4.68 Å². The molecule has 4 aromatic rings. The van der Waals surface area contributed by atoms with Gasteiger partial charge in [0.2, 0.25) is 0 Å². The first-order valence-electron chi connectivity index (χ1n) is 7.60. The van der Waals surface area contributed by atoms with Gasteiger partial charge in [-0.2, -0.15) is 0 Å². The summed E-state index contributed by atoms with van der Waals surface area (Å²) in [6.07, 6.45) is 0. The minimum absolute atomic E-state index is 0. The summed E-state index contributed by atoms with van der Waals surface area (Å²) >= 11 is 1.47. The summed E-state index contributed by atoms with van der Waals surface area (Å²) in [4.78, 5) is 0. The maximum Gasteiger partial charge on any atom is 0.429 e. The molecule has 0 aliphatic heterocycles. The molecule has 2 heterocycles. The van der Waals surface area contributed by atoms with Gasteiger partial charge in [0.25, 0.3) is 0 Å². The number of aromatic nitrogens is 3. The van der Waals surface area contributed by atoms with Crippen molar-refractivity contribution in [3.05, 3.63) is 60.1 Å². The topological polar surface area (TPSA) is 46.4 Å². The molecule has 0 fully saturated rings. The van der Waals surface area contributed by atoms with Crippen molar-refractivity contribution < 1.29 is 17.1 Å². The van der Waals surface area contributed by atoms with Crippen LogP contribution in [0.2, 0.25) is 0 Å². The standard InChI is InChI=1S/C18H16N5S.ClH/c1-22-15-11-7-6-10-14(15)16(17(22)13-8-4-3-5-9-13)20-21-18-23(2)19-12-24-18;/h3-12H,1-2H3;1H/q+1;/p-1. The van der Waals surface area contributed by atoms with E-state index in [9.17, 15) is 0 Å². The van der Waals surface area contributed by atoms with Crippen molar-refractivity contribution in [2.75, 3.05) is 0 Å². The van der Waals surface area contributed by atoms with Crippen molar-refractivity contribution in [2.45, 2.75) is 0 Å². The van der Waals surface area contributed by atoms with E-state index in [1.54, 1.807) is 10.2 Å². The maximum atomic E-state index is 4.59. The average molecular weight is 370 g/mol. The zero-order valence-electron chi connectivity index (χ0n) is 13.8. The highest BCUT2D eigenvalue weighted by Gasteiger charge is 2.19. The van der Waals surface area contributed by atoms with E-state index < -0.39 is 0 Å². The third-order valence-corrected chi connectivity index (χ3v) is 4.77. The van der Waals surface area contributed by atoms with Crippen LogP contribution in [0.15, 0.2) is 70.3 Å². The lowest BCUT2D eigenvalue weighted by Crippen LogP contribution is -3.00. The molecule has 0 radical (unpaired) electrons. The van der Waals surface area contributed by atoms with Gasteiger partial charge in [-0.3, -0.25) is 0 Å². The molecule has 4 rings (SSSR count). The molecule has 0 aliphatic rings. The van der Waals surface area contributed by atoms with Gasteiger partial charge < -0.3 is 17.0 Å². The molecule has 0 aliphatic carbocycles. The summed E-state index contributed by atoms with van der Waals surface area (Å²) in [5.74, 6) is 0. The summed E-state index contributed by atoms with van der Waals surface area (Å²) in [6, 6.07) is 18.6. The lowest BCUT2D eigenvalue weighted by atomic mass is 10.1. The number of fused-ring (bicyclic) bond motifs is 1. The molecule has 7 heteroatoms. The van der Waals surface area contributed by atoms with E-state index in [2.05, 4.69) is 51.2 Å². The summed E-state index contributed by atoms with van der Waals surface area (Å²) in [7, 11) is 3.93. The SMILES string of the molecule is Cn1c(-c2ccccc2)c(N=Nc2scn[n+]2C)c2ccccc21.[Cl-]. The molecule has 0 unspecified atom stereocenters.